The Labute approximate surface area is 192 Å². The number of benzene rings is 1. The molecule has 0 aromatic heterocycles. The molecule has 1 amide bonds. The van der Waals surface area contributed by atoms with E-state index in [1.54, 1.807) is 0 Å². The van der Waals surface area contributed by atoms with Gasteiger partial charge in [-0.3, -0.25) is 4.79 Å². The van der Waals surface area contributed by atoms with Crippen molar-refractivity contribution in [2.45, 2.75) is 95.4 Å². The Bertz CT molecular complexity index is 801. The molecule has 2 fully saturated rings. The molecule has 2 heterocycles. The average molecular weight is 442 g/mol. The van der Waals surface area contributed by atoms with E-state index in [4.69, 9.17) is 4.74 Å². The molecule has 0 radical (unpaired) electrons. The fourth-order valence-electron chi connectivity index (χ4n) is 5.68. The van der Waals surface area contributed by atoms with Crippen molar-refractivity contribution in [2.24, 2.45) is 5.92 Å². The summed E-state index contributed by atoms with van der Waals surface area (Å²) in [7, 11) is 0. The van der Waals surface area contributed by atoms with Crippen LogP contribution in [-0.4, -0.2) is 52.4 Å². The zero-order valence-corrected chi connectivity index (χ0v) is 19.4. The fourth-order valence-corrected chi connectivity index (χ4v) is 5.68. The monoisotopic (exact) mass is 441 g/mol. The molecule has 5 atom stereocenters. The van der Waals surface area contributed by atoms with Crippen molar-refractivity contribution in [2.75, 3.05) is 13.1 Å². The van der Waals surface area contributed by atoms with Crippen LogP contribution in [0.15, 0.2) is 30.4 Å². The third-order valence-electron chi connectivity index (χ3n) is 7.44. The van der Waals surface area contributed by atoms with Crippen molar-refractivity contribution in [3.8, 4) is 5.75 Å². The molecule has 2 aliphatic heterocycles. The number of carbonyl (C=O) groups excluding carboxylic acids is 1. The molecule has 0 unspecified atom stereocenters. The van der Waals surface area contributed by atoms with Crippen molar-refractivity contribution in [1.82, 2.24) is 4.90 Å². The van der Waals surface area contributed by atoms with Gasteiger partial charge in [-0.25, -0.2) is 0 Å². The van der Waals surface area contributed by atoms with E-state index in [2.05, 4.69) is 25.1 Å². The molecule has 1 saturated heterocycles. The number of unbranched alkanes of at least 4 members (excludes halogenated alkanes) is 2. The number of rotatable bonds is 10. The number of fused-ring (bicyclic) bond motifs is 3. The number of aliphatic hydroxyl groups is 2. The predicted octanol–water partition coefficient (Wildman–Crippen LogP) is 4.35. The Kier molecular flexibility index (Phi) is 7.90. The summed E-state index contributed by atoms with van der Waals surface area (Å²) < 4.78 is 6.35. The van der Waals surface area contributed by atoms with E-state index in [0.29, 0.717) is 12.8 Å². The Hall–Kier alpha value is -1.85. The molecule has 1 saturated carbocycles. The standard InChI is InChI=1S/C27H39NO4/c1-2-3-4-11-20(29)14-15-21-23(30)18-24-26(21)22-12-7-9-19(27(22)32-24)10-8-13-25(31)28-16-5-6-17-28/h7,9,12,14-15,20-21,23-24,26,29-30H,2-6,8,10-11,13,16-18H2,1H3/b15-14+/t20-,21-,23+,24-,26-/m0/s1. The number of para-hydroxylation sites is 1. The van der Waals surface area contributed by atoms with Crippen molar-refractivity contribution < 1.29 is 19.7 Å². The van der Waals surface area contributed by atoms with E-state index < -0.39 is 12.2 Å². The summed E-state index contributed by atoms with van der Waals surface area (Å²) in [6.45, 7) is 3.99. The maximum absolute atomic E-state index is 12.4. The van der Waals surface area contributed by atoms with E-state index in [1.807, 2.05) is 17.1 Å². The molecule has 2 N–H and O–H groups in total. The number of hydrogen-bond acceptors (Lipinski definition) is 4. The van der Waals surface area contributed by atoms with Crippen LogP contribution in [0.5, 0.6) is 5.75 Å². The molecule has 0 spiro atoms. The van der Waals surface area contributed by atoms with Crippen LogP contribution in [0.1, 0.15) is 81.8 Å². The minimum absolute atomic E-state index is 0.0146. The van der Waals surface area contributed by atoms with Crippen molar-refractivity contribution in [3.05, 3.63) is 41.5 Å². The molecule has 4 rings (SSSR count). The smallest absolute Gasteiger partial charge is 0.222 e. The Balaban J connectivity index is 1.38. The number of hydrogen-bond donors (Lipinski definition) is 2. The predicted molar refractivity (Wildman–Crippen MR) is 126 cm³/mol. The number of ether oxygens (including phenoxy) is 1. The van der Waals surface area contributed by atoms with E-state index in [-0.39, 0.29) is 23.8 Å². The first-order chi connectivity index (χ1) is 15.6. The van der Waals surface area contributed by atoms with Gasteiger partial charge in [0.25, 0.3) is 0 Å². The number of carbonyl (C=O) groups is 1. The minimum atomic E-state index is -0.450. The lowest BCUT2D eigenvalue weighted by atomic mass is 9.86. The molecule has 1 aromatic carbocycles. The molecule has 5 nitrogen and oxygen atoms in total. The van der Waals surface area contributed by atoms with Gasteiger partial charge < -0.3 is 19.8 Å². The van der Waals surface area contributed by atoms with Crippen LogP contribution in [0.25, 0.3) is 0 Å². The molecule has 32 heavy (non-hydrogen) atoms. The first-order valence-corrected chi connectivity index (χ1v) is 12.7. The number of aryl methyl sites for hydroxylation is 1. The number of nitrogens with zero attached hydrogens (tertiary/aromatic N) is 1. The number of amides is 1. The maximum Gasteiger partial charge on any atom is 0.222 e. The highest BCUT2D eigenvalue weighted by Gasteiger charge is 2.48. The summed E-state index contributed by atoms with van der Waals surface area (Å²) in [5.74, 6) is 1.34. The zero-order valence-electron chi connectivity index (χ0n) is 19.4. The molecule has 176 valence electrons. The molecule has 3 aliphatic rings. The van der Waals surface area contributed by atoms with Gasteiger partial charge in [0.1, 0.15) is 11.9 Å². The van der Waals surface area contributed by atoms with Gasteiger partial charge in [0.2, 0.25) is 5.91 Å². The molecule has 0 bridgehead atoms. The van der Waals surface area contributed by atoms with E-state index in [1.165, 1.54) is 11.1 Å². The summed E-state index contributed by atoms with van der Waals surface area (Å²) in [6, 6.07) is 6.31. The lowest BCUT2D eigenvalue weighted by molar-refractivity contribution is -0.130. The van der Waals surface area contributed by atoms with Gasteiger partial charge >= 0.3 is 0 Å². The molecule has 5 heteroatoms. The van der Waals surface area contributed by atoms with Gasteiger partial charge in [-0.15, -0.1) is 0 Å². The quantitative estimate of drug-likeness (QED) is 0.418. The van der Waals surface area contributed by atoms with Crippen molar-refractivity contribution in [1.29, 1.82) is 0 Å². The highest BCUT2D eigenvalue weighted by molar-refractivity contribution is 5.76. The highest BCUT2D eigenvalue weighted by Crippen LogP contribution is 2.52. The lowest BCUT2D eigenvalue weighted by Gasteiger charge is -2.18. The second-order valence-corrected chi connectivity index (χ2v) is 9.79. The molecular formula is C27H39NO4. The van der Waals surface area contributed by atoms with Gasteiger partial charge in [-0.05, 0) is 37.7 Å². The highest BCUT2D eigenvalue weighted by atomic mass is 16.5. The summed E-state index contributed by atoms with van der Waals surface area (Å²) >= 11 is 0. The van der Waals surface area contributed by atoms with Crippen LogP contribution in [0.2, 0.25) is 0 Å². The molecule has 1 aliphatic carbocycles. The maximum atomic E-state index is 12.4. The molecular weight excluding hydrogens is 402 g/mol. The Morgan fingerprint density at radius 1 is 1.25 bits per heavy atom. The second kappa shape index (κ2) is 10.8. The third kappa shape index (κ3) is 5.20. The van der Waals surface area contributed by atoms with Gasteiger partial charge in [-0.2, -0.15) is 0 Å². The van der Waals surface area contributed by atoms with Crippen LogP contribution >= 0.6 is 0 Å². The van der Waals surface area contributed by atoms with Gasteiger partial charge in [0.05, 0.1) is 12.2 Å². The van der Waals surface area contributed by atoms with Crippen LogP contribution in [0.3, 0.4) is 0 Å². The molecule has 1 aromatic rings. The number of aliphatic hydroxyl groups excluding tert-OH is 2. The zero-order chi connectivity index (χ0) is 22.5. The third-order valence-corrected chi connectivity index (χ3v) is 7.44. The first-order valence-electron chi connectivity index (χ1n) is 12.7. The Morgan fingerprint density at radius 3 is 2.84 bits per heavy atom. The summed E-state index contributed by atoms with van der Waals surface area (Å²) in [5.41, 5.74) is 2.34. The summed E-state index contributed by atoms with van der Waals surface area (Å²) in [6.07, 6.45) is 12.2. The normalized spacial score (nSPS) is 27.5. The van der Waals surface area contributed by atoms with Gasteiger partial charge in [0, 0.05) is 43.3 Å². The summed E-state index contributed by atoms with van der Waals surface area (Å²) in [5, 5.41) is 21.0. The number of likely N-dealkylation sites (tertiary alicyclic amines) is 1. The van der Waals surface area contributed by atoms with E-state index >= 15 is 0 Å². The van der Waals surface area contributed by atoms with Gasteiger partial charge in [-0.1, -0.05) is 56.5 Å². The SMILES string of the molecule is CCCCC[C@H](O)/C=C/[C@@H]1[C@H]2c3cccc(CCCC(=O)N4CCCC4)c3O[C@H]2C[C@H]1O. The van der Waals surface area contributed by atoms with Crippen molar-refractivity contribution in [3.63, 3.8) is 0 Å². The van der Waals surface area contributed by atoms with Crippen LogP contribution < -0.4 is 4.74 Å². The van der Waals surface area contributed by atoms with Crippen LogP contribution in [-0.2, 0) is 11.2 Å². The topological polar surface area (TPSA) is 70.0 Å². The lowest BCUT2D eigenvalue weighted by Crippen LogP contribution is -2.27. The van der Waals surface area contributed by atoms with Crippen LogP contribution in [0.4, 0.5) is 0 Å². The first kappa shape index (κ1) is 23.3. The fraction of sp³-hybridized carbons (Fsp3) is 0.667. The van der Waals surface area contributed by atoms with Crippen molar-refractivity contribution >= 4 is 5.91 Å². The van der Waals surface area contributed by atoms with E-state index in [0.717, 1.165) is 70.2 Å². The van der Waals surface area contributed by atoms with E-state index in [9.17, 15) is 15.0 Å². The second-order valence-electron chi connectivity index (χ2n) is 9.79. The minimum Gasteiger partial charge on any atom is -0.489 e. The van der Waals surface area contributed by atoms with Gasteiger partial charge in [0.15, 0.2) is 0 Å². The average Bonchev–Trinajstić information content (AvgIpc) is 3.49. The van der Waals surface area contributed by atoms with Crippen LogP contribution in [0, 0.1) is 5.92 Å². The summed E-state index contributed by atoms with van der Waals surface area (Å²) in [4.78, 5) is 14.3. The Morgan fingerprint density at radius 2 is 2.06 bits per heavy atom. The largest absolute Gasteiger partial charge is 0.489 e.